The molecule has 0 aliphatic rings. The smallest absolute Gasteiger partial charge is 0.693 e. The van der Waals surface area contributed by atoms with E-state index in [-0.39, 0.29) is 94.2 Å². The fraction of sp³-hybridized carbons (Fsp3) is 0.558. The van der Waals surface area contributed by atoms with Crippen molar-refractivity contribution in [3.63, 3.8) is 0 Å². The molecule has 111 heavy (non-hydrogen) atoms. The molecular weight excluding hydrogens is 1950 g/mol. The molecule has 15 amide bonds. The molecule has 6 atom stereocenters. The zero-order valence-electron chi connectivity index (χ0n) is 58.9. The number of carboxylic acids is 5. The van der Waals surface area contributed by atoms with Gasteiger partial charge in [0.1, 0.15) is 36.3 Å². The van der Waals surface area contributed by atoms with Crippen LogP contribution in [-0.4, -0.2) is 237 Å². The van der Waals surface area contributed by atoms with E-state index in [9.17, 15) is 95.9 Å². The summed E-state index contributed by atoms with van der Waals surface area (Å²) in [5.41, 5.74) is 61.9. The SMILES string of the molecule is NC(=O)CC(NC(=O)CCC(=O)O)C(=O)NCC(=O)NC(CCCN=C(N)N)C(N)=O.NC(=O)CC(NC(=O)CCC(=O)O)C(=O)NCC(=O)NC(CCCN=C(N)N)C(N)=O.NC(=O)CC(NC(=O)CCC(=O)O)C(=O)NCC(=O)NC(CCCN=C(N)N)C(N)=O.O=C(O)CCC(=O)O.[Cl][Pt+2][Cl].[Cl][Pt+2][Cl].[NH2-].[NH2-].[NH2-].[NH2-]. The van der Waals surface area contributed by atoms with E-state index in [1.165, 1.54) is 0 Å². The summed E-state index contributed by atoms with van der Waals surface area (Å²) in [5, 5.41) is 61.6. The van der Waals surface area contributed by atoms with Gasteiger partial charge in [0.2, 0.25) is 88.6 Å². The number of primary amides is 6. The summed E-state index contributed by atoms with van der Waals surface area (Å²) in [6.07, 6.45) is -3.49. The summed E-state index contributed by atoms with van der Waals surface area (Å²) < 4.78 is 0. The summed E-state index contributed by atoms with van der Waals surface area (Å²) in [5.74, 6) is -18.6. The first-order valence-corrected chi connectivity index (χ1v) is 41.2. The largest absolute Gasteiger partial charge is 0.693 e. The average molecular weight is 2050 g/mol. The number of hydrogen-bond donors (Lipinski definition) is 26. The molecular formula is C52H98Cl4N28O25Pt2. The van der Waals surface area contributed by atoms with Crippen LogP contribution >= 0.6 is 37.7 Å². The van der Waals surface area contributed by atoms with Crippen molar-refractivity contribution in [1.29, 1.82) is 0 Å². The number of carbonyl (C=O) groups is 20. The number of rotatable bonds is 48. The van der Waals surface area contributed by atoms with Crippen molar-refractivity contribution in [3.8, 4) is 0 Å². The van der Waals surface area contributed by atoms with E-state index >= 15 is 0 Å². The Morgan fingerprint density at radius 2 is 0.459 bits per heavy atom. The van der Waals surface area contributed by atoms with Crippen LogP contribution in [0.25, 0.3) is 24.6 Å². The van der Waals surface area contributed by atoms with Gasteiger partial charge in [-0.1, -0.05) is 0 Å². The first-order valence-electron chi connectivity index (χ1n) is 29.9. The van der Waals surface area contributed by atoms with Gasteiger partial charge in [0.25, 0.3) is 0 Å². The van der Waals surface area contributed by atoms with Crippen molar-refractivity contribution in [2.24, 2.45) is 83.8 Å². The summed E-state index contributed by atoms with van der Waals surface area (Å²) >= 11 is -0.944. The Bertz CT molecular complexity index is 2770. The molecule has 0 aromatic rings. The molecule has 0 aromatic carbocycles. The fourth-order valence-corrected chi connectivity index (χ4v) is 6.88. The molecule has 0 rings (SSSR count). The molecule has 0 saturated heterocycles. The van der Waals surface area contributed by atoms with Crippen LogP contribution in [0.15, 0.2) is 15.0 Å². The number of nitrogens with two attached hydrogens (primary N) is 16. The molecule has 6 unspecified atom stereocenters. The van der Waals surface area contributed by atoms with Gasteiger partial charge in [-0.2, -0.15) is 0 Å². The number of hydrogen-bond acceptors (Lipinski definition) is 23. The zero-order chi connectivity index (χ0) is 83.9. The molecule has 0 spiro atoms. The molecule has 0 heterocycles. The van der Waals surface area contributed by atoms with Crippen LogP contribution in [0.3, 0.4) is 0 Å². The number of amides is 15. The van der Waals surface area contributed by atoms with Gasteiger partial charge in [-0.25, -0.2) is 0 Å². The summed E-state index contributed by atoms with van der Waals surface area (Å²) in [7, 11) is 19.5. The zero-order valence-corrected chi connectivity index (χ0v) is 66.4. The predicted molar refractivity (Wildman–Crippen MR) is 389 cm³/mol. The average Bonchev–Trinajstić information content (AvgIpc) is 0.913. The standard InChI is InChI=1S/3C16H28N8O7.C4H6O4.4ClH.4H2N.2Pt/c3*17-10(25)6-9(24-11(26)3-4-13(28)29)15(31)22-7-12(27)23-8(14(18)30)2-1-5-21-16(19)20;5-3(6)1-2-4(7)8;;;;;;;;;;/h3*8-9H,1-7H2,(H2,17,25)(H2,18,30)(H,22,31)(H,23,27)(H,24,26)(H,28,29)(H4,19,20,21);1-2H2,(H,5,6)(H,7,8);4*1H;4*1H2;;/q;;;;;;;;4*-1;2*+4/p-4. The van der Waals surface area contributed by atoms with Crippen molar-refractivity contribution < 1.29 is 154 Å². The Hall–Kier alpha value is -10.4. The number of halogens is 4. The van der Waals surface area contributed by atoms with Crippen LogP contribution in [0, 0.1) is 0 Å². The quantitative estimate of drug-likeness (QED) is 0.0153. The molecule has 0 aliphatic carbocycles. The van der Waals surface area contributed by atoms with Crippen molar-refractivity contribution in [3.05, 3.63) is 24.6 Å². The van der Waals surface area contributed by atoms with Crippen molar-refractivity contribution >= 4 is 174 Å². The molecule has 59 heteroatoms. The van der Waals surface area contributed by atoms with Gasteiger partial charge < -0.3 is 167 Å². The normalized spacial score (nSPS) is 11.1. The minimum absolute atomic E-state index is 0. The summed E-state index contributed by atoms with van der Waals surface area (Å²) in [6, 6.07) is -7.31. The molecule has 46 N–H and O–H groups in total. The number of carboxylic acid groups (broad SMARTS) is 5. The van der Waals surface area contributed by atoms with Gasteiger partial charge in [-0.05, 0) is 38.5 Å². The van der Waals surface area contributed by atoms with Gasteiger partial charge in [-0.3, -0.25) is 111 Å². The second-order valence-electron chi connectivity index (χ2n) is 20.5. The second-order valence-corrected chi connectivity index (χ2v) is 27.1. The molecule has 53 nitrogen and oxygen atoms in total. The van der Waals surface area contributed by atoms with Crippen LogP contribution < -0.4 is 117 Å². The topological polar surface area (TPSA) is 1030 Å². The Morgan fingerprint density at radius 1 is 0.288 bits per heavy atom. The maximum Gasteiger partial charge on any atom is -0.693 e. The van der Waals surface area contributed by atoms with Gasteiger partial charge >= 0.3 is 100 Å². The molecule has 0 radical (unpaired) electrons. The Labute approximate surface area is 665 Å². The Morgan fingerprint density at radius 3 is 0.613 bits per heavy atom. The number of carbonyl (C=O) groups excluding carboxylic acids is 15. The van der Waals surface area contributed by atoms with Gasteiger partial charge in [0, 0.05) is 38.9 Å². The molecule has 0 saturated carbocycles. The van der Waals surface area contributed by atoms with E-state index in [2.05, 4.69) is 62.8 Å². The number of nitrogens with zero attached hydrogens (tertiary/aromatic N) is 3. The van der Waals surface area contributed by atoms with Crippen LogP contribution in [0.5, 0.6) is 0 Å². The Balaban J connectivity index is -0.000000155. The van der Waals surface area contributed by atoms with E-state index in [0.717, 1.165) is 0 Å². The Kier molecular flexibility index (Phi) is 82.2. The van der Waals surface area contributed by atoms with E-state index in [1.54, 1.807) is 0 Å². The third kappa shape index (κ3) is 85.1. The minimum atomic E-state index is -1.40. The number of nitrogens with one attached hydrogen (secondary N) is 9. The first kappa shape index (κ1) is 122. The van der Waals surface area contributed by atoms with Crippen LogP contribution in [0.2, 0.25) is 0 Å². The van der Waals surface area contributed by atoms with Crippen LogP contribution in [0.4, 0.5) is 0 Å². The van der Waals surface area contributed by atoms with Gasteiger partial charge in [-0.15, -0.1) is 0 Å². The number of guanidine groups is 3. The van der Waals surface area contributed by atoms with E-state index in [0.29, 0.717) is 19.3 Å². The van der Waals surface area contributed by atoms with Crippen molar-refractivity contribution in [2.75, 3.05) is 39.3 Å². The third-order valence-corrected chi connectivity index (χ3v) is 11.6. The number of aliphatic imine (C=N–C) groups is 3. The van der Waals surface area contributed by atoms with Crippen LogP contribution in [-0.2, 0) is 129 Å². The second kappa shape index (κ2) is 75.0. The van der Waals surface area contributed by atoms with Gasteiger partial charge in [0.15, 0.2) is 17.9 Å². The molecule has 0 aliphatic heterocycles. The molecule has 0 aromatic heterocycles. The van der Waals surface area contributed by atoms with Crippen molar-refractivity contribution in [1.82, 2.24) is 47.9 Å². The summed E-state index contributed by atoms with van der Waals surface area (Å²) in [4.78, 5) is 237. The van der Waals surface area contributed by atoms with Crippen molar-refractivity contribution in [2.45, 2.75) is 145 Å². The van der Waals surface area contributed by atoms with Crippen LogP contribution in [0.1, 0.15) is 109 Å². The predicted octanol–water partition coefficient (Wildman–Crippen LogP) is -8.39. The maximum absolute atomic E-state index is 12.2. The van der Waals surface area contributed by atoms with E-state index < -0.39 is 265 Å². The molecule has 644 valence electrons. The first-order chi connectivity index (χ1) is 49.7. The van der Waals surface area contributed by atoms with Gasteiger partial charge in [0.05, 0.1) is 71.0 Å². The summed E-state index contributed by atoms with van der Waals surface area (Å²) in [6.45, 7) is -1.11. The molecule has 0 bridgehead atoms. The number of aliphatic carboxylic acids is 5. The van der Waals surface area contributed by atoms with E-state index in [1.807, 2.05) is 0 Å². The monoisotopic (exact) mass is 2040 g/mol. The fourth-order valence-electron chi connectivity index (χ4n) is 6.88. The minimum Gasteiger partial charge on any atom is -0.693 e. The third-order valence-electron chi connectivity index (χ3n) is 11.6. The molecule has 0 fully saturated rings. The maximum atomic E-state index is 12.2. The van der Waals surface area contributed by atoms with E-state index in [4.69, 9.17) is 132 Å².